The van der Waals surface area contributed by atoms with Crippen LogP contribution < -0.4 is 4.74 Å². The maximum atomic E-state index is 13.0. The van der Waals surface area contributed by atoms with Crippen molar-refractivity contribution in [3.63, 3.8) is 0 Å². The predicted octanol–water partition coefficient (Wildman–Crippen LogP) is 8.71. The third kappa shape index (κ3) is 10.8. The minimum Gasteiger partial charge on any atom is -0.475 e. The molecule has 6 nitrogen and oxygen atoms in total. The number of carbonyl (C=O) groups is 1. The highest BCUT2D eigenvalue weighted by Gasteiger charge is 2.45. The van der Waals surface area contributed by atoms with E-state index in [1.807, 2.05) is 0 Å². The van der Waals surface area contributed by atoms with Gasteiger partial charge in [-0.2, -0.15) is 4.37 Å². The molecule has 1 aromatic rings. The van der Waals surface area contributed by atoms with Gasteiger partial charge < -0.3 is 9.47 Å². The molecule has 7 heteroatoms. The van der Waals surface area contributed by atoms with Crippen molar-refractivity contribution >= 4 is 23.3 Å². The second kappa shape index (κ2) is 18.1. The lowest BCUT2D eigenvalue weighted by molar-refractivity contribution is -0.951. The lowest BCUT2D eigenvalue weighted by Crippen LogP contribution is -2.60. The maximum absolute atomic E-state index is 13.0. The molecule has 0 bridgehead atoms. The van der Waals surface area contributed by atoms with Gasteiger partial charge >= 0.3 is 5.97 Å². The fraction of sp³-hybridized carbons (Fsp3) is 0.844. The Kier molecular flexibility index (Phi) is 14.8. The van der Waals surface area contributed by atoms with Crippen LogP contribution >= 0.6 is 11.7 Å². The number of aromatic nitrogens is 2. The Bertz CT molecular complexity index is 853. The molecule has 1 aliphatic heterocycles. The number of unbranched alkanes of at least 4 members (excludes halogenated alkanes) is 12. The Morgan fingerprint density at radius 1 is 0.949 bits per heavy atom. The van der Waals surface area contributed by atoms with Gasteiger partial charge in [0.05, 0.1) is 31.9 Å². The highest BCUT2D eigenvalue weighted by Crippen LogP contribution is 2.39. The van der Waals surface area contributed by atoms with Crippen LogP contribution in [0.25, 0.3) is 5.57 Å². The lowest BCUT2D eigenvalue weighted by Gasteiger charge is -2.47. The molecule has 0 saturated heterocycles. The smallest absolute Gasteiger partial charge is 0.310 e. The highest BCUT2D eigenvalue weighted by atomic mass is 32.1. The first kappa shape index (κ1) is 32.0. The number of carbonyl (C=O) groups excluding carboxylic acids is 1. The summed E-state index contributed by atoms with van der Waals surface area (Å²) in [7, 11) is 2.27. The van der Waals surface area contributed by atoms with Gasteiger partial charge in [-0.1, -0.05) is 103 Å². The van der Waals surface area contributed by atoms with Crippen molar-refractivity contribution in [1.29, 1.82) is 0 Å². The number of hydrogen-bond acceptors (Lipinski definition) is 6. The van der Waals surface area contributed by atoms with Gasteiger partial charge in [0.15, 0.2) is 0 Å². The molecule has 39 heavy (non-hydrogen) atoms. The molecule has 1 fully saturated rings. The van der Waals surface area contributed by atoms with E-state index < -0.39 is 0 Å². The van der Waals surface area contributed by atoms with Crippen LogP contribution in [-0.2, 0) is 9.53 Å². The number of nitrogens with zero attached hydrogens (tertiary/aromatic N) is 3. The van der Waals surface area contributed by atoms with E-state index in [9.17, 15) is 4.79 Å². The molecule has 0 amide bonds. The minimum atomic E-state index is -0.0666. The zero-order valence-electron chi connectivity index (χ0n) is 25.3. The van der Waals surface area contributed by atoms with E-state index in [0.29, 0.717) is 24.8 Å². The van der Waals surface area contributed by atoms with Crippen LogP contribution in [0.1, 0.15) is 142 Å². The number of esters is 1. The molecule has 2 atom stereocenters. The Balaban J connectivity index is 1.46. The lowest BCUT2D eigenvalue weighted by atomic mass is 9.82. The van der Waals surface area contributed by atoms with E-state index in [-0.39, 0.29) is 12.2 Å². The van der Waals surface area contributed by atoms with Crippen LogP contribution in [-0.4, -0.2) is 52.2 Å². The summed E-state index contributed by atoms with van der Waals surface area (Å²) in [5.41, 5.74) is 2.08. The van der Waals surface area contributed by atoms with Crippen LogP contribution in [0.5, 0.6) is 5.88 Å². The van der Waals surface area contributed by atoms with E-state index in [2.05, 4.69) is 35.7 Å². The molecular weight excluding hydrogens is 506 g/mol. The molecule has 1 aliphatic carbocycles. The quantitative estimate of drug-likeness (QED) is 0.0852. The number of ether oxygens (including phenoxy) is 2. The first-order valence-electron chi connectivity index (χ1n) is 16.3. The number of likely N-dealkylation sites (N-methyl/N-ethyl adjacent to an activating group) is 1. The molecule has 1 aromatic heterocycles. The second-order valence-corrected chi connectivity index (χ2v) is 12.7. The van der Waals surface area contributed by atoms with Crippen LogP contribution in [0.4, 0.5) is 0 Å². The van der Waals surface area contributed by atoms with Crippen molar-refractivity contribution in [1.82, 2.24) is 8.75 Å². The average Bonchev–Trinajstić information content (AvgIpc) is 3.37. The summed E-state index contributed by atoms with van der Waals surface area (Å²) < 4.78 is 22.2. The van der Waals surface area contributed by atoms with E-state index >= 15 is 0 Å². The summed E-state index contributed by atoms with van der Waals surface area (Å²) >= 11 is 1.23. The van der Waals surface area contributed by atoms with Gasteiger partial charge in [0.2, 0.25) is 6.23 Å². The molecule has 0 spiro atoms. The summed E-state index contributed by atoms with van der Waals surface area (Å²) in [5, 5.41) is 0. The normalized spacial score (nSPS) is 20.3. The first-order chi connectivity index (χ1) is 19.1. The molecule has 0 aromatic carbocycles. The van der Waals surface area contributed by atoms with Crippen molar-refractivity contribution in [3.05, 3.63) is 11.8 Å². The number of quaternary nitrogens is 1. The fourth-order valence-electron chi connectivity index (χ4n) is 6.03. The average molecular weight is 563 g/mol. The van der Waals surface area contributed by atoms with E-state index in [1.165, 1.54) is 94.4 Å². The van der Waals surface area contributed by atoms with Gasteiger partial charge in [0, 0.05) is 24.3 Å². The maximum Gasteiger partial charge on any atom is 0.310 e. The van der Waals surface area contributed by atoms with Gasteiger partial charge in [0.1, 0.15) is 12.2 Å². The molecule has 3 rings (SSSR count). The largest absolute Gasteiger partial charge is 0.475 e. The highest BCUT2D eigenvalue weighted by molar-refractivity contribution is 6.99. The summed E-state index contributed by atoms with van der Waals surface area (Å²) in [4.78, 5) is 13.0. The van der Waals surface area contributed by atoms with Crippen LogP contribution in [0.2, 0.25) is 0 Å². The zero-order valence-corrected chi connectivity index (χ0v) is 26.1. The molecule has 0 radical (unpaired) electrons. The minimum absolute atomic E-state index is 0.00616. The molecule has 2 heterocycles. The molecular formula is C32H56N3O3S+. The second-order valence-electron chi connectivity index (χ2n) is 12.2. The molecule has 222 valence electrons. The van der Waals surface area contributed by atoms with E-state index in [0.717, 1.165) is 61.8 Å². The van der Waals surface area contributed by atoms with Gasteiger partial charge in [0.25, 0.3) is 5.88 Å². The van der Waals surface area contributed by atoms with Crippen molar-refractivity contribution in [2.75, 3.05) is 26.7 Å². The van der Waals surface area contributed by atoms with Crippen LogP contribution in [0, 0.1) is 5.92 Å². The van der Waals surface area contributed by atoms with Crippen LogP contribution in [0.15, 0.2) is 6.08 Å². The van der Waals surface area contributed by atoms with Crippen molar-refractivity contribution in [2.45, 2.75) is 142 Å². The third-order valence-electron chi connectivity index (χ3n) is 8.72. The number of hydrogen-bond donors (Lipinski definition) is 0. The van der Waals surface area contributed by atoms with E-state index in [4.69, 9.17) is 9.47 Å². The Labute approximate surface area is 242 Å². The molecule has 1 saturated carbocycles. The summed E-state index contributed by atoms with van der Waals surface area (Å²) in [6.45, 7) is 6.98. The summed E-state index contributed by atoms with van der Waals surface area (Å²) in [6.07, 6.45) is 24.8. The van der Waals surface area contributed by atoms with Crippen molar-refractivity contribution in [2.24, 2.45) is 5.92 Å². The number of rotatable bonds is 21. The molecule has 2 unspecified atom stereocenters. The Hall–Kier alpha value is -1.47. The third-order valence-corrected chi connectivity index (χ3v) is 9.23. The van der Waals surface area contributed by atoms with E-state index in [1.54, 1.807) is 0 Å². The predicted molar refractivity (Wildman–Crippen MR) is 162 cm³/mol. The van der Waals surface area contributed by atoms with Gasteiger partial charge in [-0.3, -0.25) is 9.28 Å². The van der Waals surface area contributed by atoms with Crippen molar-refractivity contribution < 1.29 is 18.8 Å². The molecule has 0 N–H and O–H groups in total. The Morgan fingerprint density at radius 3 is 2.23 bits per heavy atom. The van der Waals surface area contributed by atoms with Gasteiger partial charge in [-0.15, -0.1) is 4.37 Å². The van der Waals surface area contributed by atoms with Gasteiger partial charge in [-0.25, -0.2) is 0 Å². The Morgan fingerprint density at radius 2 is 1.59 bits per heavy atom. The summed E-state index contributed by atoms with van der Waals surface area (Å²) in [5.74, 6) is 1.14. The summed E-state index contributed by atoms with van der Waals surface area (Å²) in [6, 6.07) is 0. The SMILES string of the molecule is CCCCCCCCCCCCC(=O)OC(C1CCC1)[N+]1(C)CCC=C(c2nsnc2OCCCCCC)C1. The zero-order chi connectivity index (χ0) is 27.8. The standard InChI is InChI=1S/C32H56N3O3S/c1-4-6-8-10-11-12-13-14-15-16-23-29(36)38-32(27-20-18-21-27)35(3)24-19-22-28(26-35)30-31(34-39-33-30)37-25-17-9-7-5-2/h22,27,32H,4-21,23-26H2,1-3H3/q+1. The molecule has 2 aliphatic rings. The topological polar surface area (TPSA) is 61.3 Å². The fourth-order valence-corrected chi connectivity index (χ4v) is 6.56. The first-order valence-corrected chi connectivity index (χ1v) is 17.0. The van der Waals surface area contributed by atoms with Crippen LogP contribution in [0.3, 0.4) is 0 Å². The van der Waals surface area contributed by atoms with Gasteiger partial charge in [-0.05, 0) is 25.7 Å². The van der Waals surface area contributed by atoms with Crippen molar-refractivity contribution in [3.8, 4) is 5.88 Å². The monoisotopic (exact) mass is 562 g/mol.